The molecule has 1 heteroatoms. The molecule has 0 aromatic heterocycles. The lowest BCUT2D eigenvalue weighted by Crippen LogP contribution is -2.38. The third-order valence-electron chi connectivity index (χ3n) is 16.7. The molecule has 6 unspecified atom stereocenters. The van der Waals surface area contributed by atoms with Crippen molar-refractivity contribution in [3.63, 3.8) is 0 Å². The second-order valence-corrected chi connectivity index (χ2v) is 20.0. The van der Waals surface area contributed by atoms with E-state index in [0.717, 1.165) is 25.7 Å². The van der Waals surface area contributed by atoms with Crippen molar-refractivity contribution in [2.24, 2.45) is 34.5 Å². The van der Waals surface area contributed by atoms with Crippen molar-refractivity contribution in [3.8, 4) is 0 Å². The largest absolute Gasteiger partial charge is 0.342 e. The molecule has 59 heavy (non-hydrogen) atoms. The zero-order valence-corrected chi connectivity index (χ0v) is 35.9. The Labute approximate surface area is 355 Å². The first kappa shape index (κ1) is 37.6. The molecule has 11 rings (SSSR count). The molecule has 0 aromatic rings. The highest BCUT2D eigenvalue weighted by atomic mass is 15.2. The highest BCUT2D eigenvalue weighted by Gasteiger charge is 2.55. The van der Waals surface area contributed by atoms with Gasteiger partial charge in [-0.15, -0.1) is 0 Å². The van der Waals surface area contributed by atoms with Crippen molar-refractivity contribution >= 4 is 0 Å². The fourth-order valence-corrected chi connectivity index (χ4v) is 13.9. The van der Waals surface area contributed by atoms with Crippen LogP contribution in [0.3, 0.4) is 0 Å². The van der Waals surface area contributed by atoms with Gasteiger partial charge in [-0.25, -0.2) is 0 Å². The summed E-state index contributed by atoms with van der Waals surface area (Å²) in [6, 6.07) is 0.339. The molecular weight excluding hydrogens is 711 g/mol. The van der Waals surface area contributed by atoms with E-state index < -0.39 is 0 Å². The van der Waals surface area contributed by atoms with Gasteiger partial charge < -0.3 is 4.90 Å². The van der Waals surface area contributed by atoms with Gasteiger partial charge in [0.15, 0.2) is 0 Å². The predicted octanol–water partition coefficient (Wildman–Crippen LogP) is 15.2. The zero-order chi connectivity index (χ0) is 39.6. The fourth-order valence-electron chi connectivity index (χ4n) is 13.9. The Kier molecular flexibility index (Phi) is 9.74. The summed E-state index contributed by atoms with van der Waals surface area (Å²) < 4.78 is 0. The van der Waals surface area contributed by atoms with E-state index >= 15 is 0 Å². The number of fused-ring (bicyclic) bond motifs is 3. The number of nitrogens with zero attached hydrogens (tertiary/aromatic N) is 1. The van der Waals surface area contributed by atoms with Gasteiger partial charge in [0.2, 0.25) is 0 Å². The number of hydrogen-bond acceptors (Lipinski definition) is 1. The van der Waals surface area contributed by atoms with Gasteiger partial charge in [-0.05, 0) is 138 Å². The molecule has 0 N–H and O–H groups in total. The van der Waals surface area contributed by atoms with Crippen molar-refractivity contribution in [2.45, 2.75) is 129 Å². The zero-order valence-electron chi connectivity index (χ0n) is 35.9. The van der Waals surface area contributed by atoms with Crippen LogP contribution in [-0.2, 0) is 0 Å². The van der Waals surface area contributed by atoms with Crippen LogP contribution >= 0.6 is 0 Å². The van der Waals surface area contributed by atoms with Crippen LogP contribution in [0.4, 0.5) is 0 Å². The minimum Gasteiger partial charge on any atom is -0.342 e. The Balaban J connectivity index is 0.985. The Bertz CT molecular complexity index is 2310. The molecule has 302 valence electrons. The maximum atomic E-state index is 2.89. The van der Waals surface area contributed by atoms with Crippen molar-refractivity contribution in [1.29, 1.82) is 0 Å². The average Bonchev–Trinajstić information content (AvgIpc) is 3.73. The van der Waals surface area contributed by atoms with E-state index in [-0.39, 0.29) is 10.8 Å². The first-order chi connectivity index (χ1) is 29.0. The molecule has 0 aromatic carbocycles. The van der Waals surface area contributed by atoms with E-state index in [9.17, 15) is 0 Å². The molecule has 0 fully saturated rings. The molecule has 1 nitrogen and oxygen atoms in total. The molecule has 0 aliphatic heterocycles. The van der Waals surface area contributed by atoms with Gasteiger partial charge in [-0.1, -0.05) is 163 Å². The van der Waals surface area contributed by atoms with Crippen molar-refractivity contribution in [2.75, 3.05) is 0 Å². The van der Waals surface area contributed by atoms with Crippen LogP contribution < -0.4 is 0 Å². The number of rotatable bonds is 7. The third-order valence-corrected chi connectivity index (χ3v) is 16.7. The summed E-state index contributed by atoms with van der Waals surface area (Å²) >= 11 is 0. The molecule has 0 saturated heterocycles. The average molecular weight is 776 g/mol. The van der Waals surface area contributed by atoms with E-state index in [2.05, 4.69) is 140 Å². The maximum absolute atomic E-state index is 2.89. The highest BCUT2D eigenvalue weighted by molar-refractivity contribution is 5.64. The topological polar surface area (TPSA) is 3.24 Å². The smallest absolute Gasteiger partial charge is 0.0559 e. The van der Waals surface area contributed by atoms with Crippen LogP contribution in [0, 0.1) is 34.5 Å². The second-order valence-electron chi connectivity index (χ2n) is 20.0. The quantitative estimate of drug-likeness (QED) is 0.233. The summed E-state index contributed by atoms with van der Waals surface area (Å²) in [6.07, 6.45) is 70.5. The first-order valence-electron chi connectivity index (χ1n) is 23.9. The van der Waals surface area contributed by atoms with Gasteiger partial charge >= 0.3 is 0 Å². The van der Waals surface area contributed by atoms with Crippen LogP contribution in [-0.4, -0.2) is 10.9 Å². The van der Waals surface area contributed by atoms with Crippen molar-refractivity contribution in [1.82, 2.24) is 4.90 Å². The van der Waals surface area contributed by atoms with E-state index in [4.69, 9.17) is 0 Å². The Morgan fingerprint density at radius 3 is 2.24 bits per heavy atom. The van der Waals surface area contributed by atoms with E-state index in [1.807, 2.05) is 0 Å². The van der Waals surface area contributed by atoms with Crippen LogP contribution in [0.2, 0.25) is 0 Å². The molecule has 0 spiro atoms. The van der Waals surface area contributed by atoms with Crippen LogP contribution in [0.15, 0.2) is 189 Å². The molecule has 0 saturated carbocycles. The summed E-state index contributed by atoms with van der Waals surface area (Å²) in [6.45, 7) is 4.97. The van der Waals surface area contributed by atoms with Gasteiger partial charge in [0, 0.05) is 45.9 Å². The Morgan fingerprint density at radius 1 is 0.610 bits per heavy atom. The molecule has 0 radical (unpaired) electrons. The summed E-state index contributed by atoms with van der Waals surface area (Å²) in [5.41, 5.74) is 19.9. The molecule has 0 heterocycles. The van der Waals surface area contributed by atoms with Gasteiger partial charge in [-0.3, -0.25) is 0 Å². The predicted molar refractivity (Wildman–Crippen MR) is 248 cm³/mol. The molecule has 11 aliphatic rings. The minimum atomic E-state index is 0.0358. The highest BCUT2D eigenvalue weighted by Crippen LogP contribution is 2.65. The summed E-state index contributed by atoms with van der Waals surface area (Å²) in [5.74, 6) is 2.11. The molecule has 11 aliphatic carbocycles. The molecule has 6 atom stereocenters. The minimum absolute atomic E-state index is 0.0358. The first-order valence-corrected chi connectivity index (χ1v) is 23.9. The Hall–Kier alpha value is -4.36. The van der Waals surface area contributed by atoms with Gasteiger partial charge in [0.1, 0.15) is 0 Å². The molecular formula is C58H65N. The number of allylic oxidation sites excluding steroid dienone is 30. The monoisotopic (exact) mass is 776 g/mol. The third kappa shape index (κ3) is 6.22. The summed E-state index contributed by atoms with van der Waals surface area (Å²) in [4.78, 5) is 2.89. The van der Waals surface area contributed by atoms with E-state index in [1.165, 1.54) is 83.5 Å². The summed E-state index contributed by atoms with van der Waals surface area (Å²) in [7, 11) is 0. The Morgan fingerprint density at radius 2 is 1.44 bits per heavy atom. The lowest BCUT2D eigenvalue weighted by molar-refractivity contribution is 0.303. The fraction of sp³-hybridized carbons (Fsp3) is 0.448. The van der Waals surface area contributed by atoms with Crippen molar-refractivity contribution in [3.05, 3.63) is 189 Å². The standard InChI is InChI=1S/C58H65N/c1-57(2)53-25-12-9-24-51(53)52-39-48(36-37-54(52)57)59(47-21-15-18-43(38-47)42-30-28-41(29-31-42)40-16-5-3-6-17-40)46-34-32-45(33-35-46)58(44-19-7-4-8-20-44)55-26-13-10-22-49(55)50-23-11-14-27-56(50)58/h3,5-6,9-11,13,16,19,22-24,26,28,30,32,34,36-38,40,43,48-49,55H,4,7-8,12,14-15,17-18,20-21,25,27,29,31,33,35,39H2,1-2H3. The number of hydrogen-bond donors (Lipinski definition) is 0. The second kappa shape index (κ2) is 15.3. The maximum Gasteiger partial charge on any atom is 0.0559 e. The van der Waals surface area contributed by atoms with Gasteiger partial charge in [0.05, 0.1) is 6.04 Å². The summed E-state index contributed by atoms with van der Waals surface area (Å²) in [5, 5.41) is 0. The van der Waals surface area contributed by atoms with Gasteiger partial charge in [-0.2, -0.15) is 0 Å². The lowest BCUT2D eigenvalue weighted by Gasteiger charge is -2.47. The van der Waals surface area contributed by atoms with Crippen molar-refractivity contribution < 1.29 is 0 Å². The molecule has 0 bridgehead atoms. The van der Waals surface area contributed by atoms with Crippen LogP contribution in [0.5, 0.6) is 0 Å². The van der Waals surface area contributed by atoms with E-state index in [1.54, 1.807) is 67.1 Å². The normalized spacial score (nSPS) is 34.1. The van der Waals surface area contributed by atoms with Crippen LogP contribution in [0.25, 0.3) is 0 Å². The van der Waals surface area contributed by atoms with Crippen LogP contribution in [0.1, 0.15) is 123 Å². The SMILES string of the molecule is CC1(C)C2=C(CC(N(C3=CC(C4=CC=C(C5C=CC=CC5)CC4)CCC3)C3=CC=C(C4(C5=CCCCC5)C5=C(C=CCC5)C5C=CC=CC54)CC3)C=C2)C2=C1CCC=C2. The van der Waals surface area contributed by atoms with Gasteiger partial charge in [0.25, 0.3) is 0 Å². The van der Waals surface area contributed by atoms with E-state index in [0.29, 0.717) is 29.7 Å². The lowest BCUT2D eigenvalue weighted by atomic mass is 9.57. The molecule has 0 amide bonds.